The lowest BCUT2D eigenvalue weighted by Crippen LogP contribution is -2.37. The van der Waals surface area contributed by atoms with Crippen molar-refractivity contribution in [2.75, 3.05) is 6.61 Å². The van der Waals surface area contributed by atoms with Gasteiger partial charge in [-0.15, -0.1) is 0 Å². The number of fused-ring (bicyclic) bond motifs is 1. The van der Waals surface area contributed by atoms with E-state index < -0.39 is 47.4 Å². The summed E-state index contributed by atoms with van der Waals surface area (Å²) < 4.78 is 78.7. The summed E-state index contributed by atoms with van der Waals surface area (Å²) in [4.78, 5) is 0. The number of benzene rings is 1. The number of hydrogen-bond donors (Lipinski definition) is 0. The van der Waals surface area contributed by atoms with Gasteiger partial charge in [0, 0.05) is 11.8 Å². The van der Waals surface area contributed by atoms with Crippen LogP contribution in [0.5, 0.6) is 5.75 Å². The molecule has 0 radical (unpaired) electrons. The van der Waals surface area contributed by atoms with E-state index in [4.69, 9.17) is 4.74 Å². The van der Waals surface area contributed by atoms with Crippen molar-refractivity contribution in [1.82, 2.24) is 0 Å². The Labute approximate surface area is 157 Å². The van der Waals surface area contributed by atoms with Crippen LogP contribution >= 0.6 is 0 Å². The van der Waals surface area contributed by atoms with E-state index in [2.05, 4.69) is 0 Å². The summed E-state index contributed by atoms with van der Waals surface area (Å²) in [7, 11) is 0. The highest BCUT2D eigenvalue weighted by Gasteiger charge is 2.62. The van der Waals surface area contributed by atoms with Crippen molar-refractivity contribution in [2.24, 2.45) is 11.8 Å². The van der Waals surface area contributed by atoms with Gasteiger partial charge in [-0.3, -0.25) is 0 Å². The molecule has 3 rings (SSSR count). The normalized spacial score (nSPS) is 36.3. The Kier molecular flexibility index (Phi) is 6.02. The van der Waals surface area contributed by atoms with E-state index in [9.17, 15) is 17.6 Å². The van der Waals surface area contributed by atoms with Gasteiger partial charge in [-0.05, 0) is 56.6 Å². The number of alkyl halides is 3. The van der Waals surface area contributed by atoms with Crippen molar-refractivity contribution < 1.29 is 26.7 Å². The molecule has 0 bridgehead atoms. The smallest absolute Gasteiger partial charge is 0.200 e. The Morgan fingerprint density at radius 2 is 1.81 bits per heavy atom. The van der Waals surface area contributed by atoms with Gasteiger partial charge in [0.2, 0.25) is 5.82 Å². The molecule has 0 spiro atoms. The predicted octanol–water partition coefficient (Wildman–Crippen LogP) is 6.45. The van der Waals surface area contributed by atoms with Crippen LogP contribution in [-0.4, -0.2) is 24.6 Å². The molecular formula is C21H27F5O. The molecule has 0 N–H and O–H groups in total. The highest BCUT2D eigenvalue weighted by atomic mass is 19.2. The van der Waals surface area contributed by atoms with Gasteiger partial charge in [0.05, 0.1) is 6.61 Å². The van der Waals surface area contributed by atoms with Gasteiger partial charge in [-0.25, -0.2) is 17.6 Å². The summed E-state index contributed by atoms with van der Waals surface area (Å²) in [6.07, 6.45) is -1.98. The molecule has 1 aromatic carbocycles. The lowest BCUT2D eigenvalue weighted by molar-refractivity contribution is 0.0159. The Morgan fingerprint density at radius 1 is 1.07 bits per heavy atom. The molecule has 2 aliphatic carbocycles. The molecule has 27 heavy (non-hydrogen) atoms. The highest BCUT2D eigenvalue weighted by molar-refractivity contribution is 5.33. The first kappa shape index (κ1) is 20.4. The Balaban J connectivity index is 1.82. The first-order valence-electron chi connectivity index (χ1n) is 9.92. The second-order valence-electron chi connectivity index (χ2n) is 7.86. The molecule has 6 heteroatoms. The Hall–Kier alpha value is -1.33. The summed E-state index contributed by atoms with van der Waals surface area (Å²) in [6.45, 7) is 3.71. The second-order valence-corrected chi connectivity index (χ2v) is 7.86. The molecular weight excluding hydrogens is 363 g/mol. The Bertz CT molecular complexity index is 666. The number of ether oxygens (including phenoxy) is 1. The van der Waals surface area contributed by atoms with Crippen LogP contribution in [0.3, 0.4) is 0 Å². The summed E-state index contributed by atoms with van der Waals surface area (Å²) in [6, 6.07) is 2.81. The van der Waals surface area contributed by atoms with Crippen molar-refractivity contribution >= 4 is 0 Å². The molecule has 6 unspecified atom stereocenters. The van der Waals surface area contributed by atoms with Gasteiger partial charge in [-0.2, -0.15) is 4.39 Å². The zero-order valence-electron chi connectivity index (χ0n) is 15.8. The van der Waals surface area contributed by atoms with Crippen LogP contribution in [0.4, 0.5) is 22.0 Å². The molecule has 6 atom stereocenters. The molecule has 2 fully saturated rings. The third-order valence-corrected chi connectivity index (χ3v) is 6.38. The van der Waals surface area contributed by atoms with Gasteiger partial charge in [0.15, 0.2) is 11.6 Å². The fourth-order valence-corrected chi connectivity index (χ4v) is 5.01. The van der Waals surface area contributed by atoms with Crippen LogP contribution in [0.1, 0.15) is 63.9 Å². The first-order chi connectivity index (χ1) is 12.8. The van der Waals surface area contributed by atoms with E-state index >= 15 is 4.39 Å². The van der Waals surface area contributed by atoms with Crippen LogP contribution in [0.2, 0.25) is 0 Å². The average molecular weight is 390 g/mol. The second kappa shape index (κ2) is 7.96. The van der Waals surface area contributed by atoms with Crippen molar-refractivity contribution in [2.45, 2.75) is 76.3 Å². The van der Waals surface area contributed by atoms with Crippen molar-refractivity contribution in [3.05, 3.63) is 29.3 Å². The van der Waals surface area contributed by atoms with Gasteiger partial charge >= 0.3 is 0 Å². The molecule has 152 valence electrons. The van der Waals surface area contributed by atoms with E-state index in [-0.39, 0.29) is 37.2 Å². The SMILES string of the molecule is CCCC1C(F)C2CCC(c3ccc(OCC)c(F)c3F)CCC2(F)C1F. The molecule has 0 aromatic heterocycles. The van der Waals surface area contributed by atoms with Gasteiger partial charge < -0.3 is 4.74 Å². The molecule has 0 saturated heterocycles. The molecule has 2 saturated carbocycles. The van der Waals surface area contributed by atoms with Gasteiger partial charge in [0.1, 0.15) is 18.0 Å². The van der Waals surface area contributed by atoms with Crippen molar-refractivity contribution in [3.63, 3.8) is 0 Å². The highest BCUT2D eigenvalue weighted by Crippen LogP contribution is 2.55. The van der Waals surface area contributed by atoms with E-state index in [0.717, 1.165) is 0 Å². The maximum absolute atomic E-state index is 15.5. The molecule has 0 amide bonds. The predicted molar refractivity (Wildman–Crippen MR) is 94.3 cm³/mol. The first-order valence-corrected chi connectivity index (χ1v) is 9.92. The molecule has 1 aromatic rings. The van der Waals surface area contributed by atoms with E-state index in [1.807, 2.05) is 6.92 Å². The lowest BCUT2D eigenvalue weighted by Gasteiger charge is -2.27. The van der Waals surface area contributed by atoms with Crippen LogP contribution < -0.4 is 4.74 Å². The van der Waals surface area contributed by atoms with E-state index in [1.165, 1.54) is 12.1 Å². The zero-order valence-corrected chi connectivity index (χ0v) is 15.8. The maximum atomic E-state index is 15.5. The average Bonchev–Trinajstić information content (AvgIpc) is 2.77. The molecule has 0 aliphatic heterocycles. The molecule has 0 heterocycles. The summed E-state index contributed by atoms with van der Waals surface area (Å²) in [5.41, 5.74) is -2.08. The number of rotatable bonds is 5. The lowest BCUT2D eigenvalue weighted by atomic mass is 9.86. The van der Waals surface area contributed by atoms with Crippen LogP contribution in [-0.2, 0) is 0 Å². The minimum Gasteiger partial charge on any atom is -0.491 e. The van der Waals surface area contributed by atoms with Crippen LogP contribution in [0.25, 0.3) is 0 Å². The standard InChI is InChI=1S/C21H27F5O/c1-3-5-14-17(22)15-8-6-12(10-11-21(15,26)20(14)25)13-7-9-16(27-4-2)19(24)18(13)23/h7,9,12,14-15,17,20H,3-6,8,10-11H2,1-2H3. The summed E-state index contributed by atoms with van der Waals surface area (Å²) in [5.74, 6) is -4.61. The Morgan fingerprint density at radius 3 is 2.48 bits per heavy atom. The van der Waals surface area contributed by atoms with E-state index in [1.54, 1.807) is 6.92 Å². The third kappa shape index (κ3) is 3.44. The van der Waals surface area contributed by atoms with Crippen molar-refractivity contribution in [1.29, 1.82) is 0 Å². The molecule has 1 nitrogen and oxygen atoms in total. The molecule has 2 aliphatic rings. The van der Waals surface area contributed by atoms with Crippen LogP contribution in [0.15, 0.2) is 12.1 Å². The minimum atomic E-state index is -2.21. The summed E-state index contributed by atoms with van der Waals surface area (Å²) >= 11 is 0. The largest absolute Gasteiger partial charge is 0.491 e. The monoisotopic (exact) mass is 390 g/mol. The fourth-order valence-electron chi connectivity index (χ4n) is 5.01. The number of halogens is 5. The minimum absolute atomic E-state index is 0.135. The maximum Gasteiger partial charge on any atom is 0.200 e. The topological polar surface area (TPSA) is 9.23 Å². The zero-order chi connectivity index (χ0) is 19.8. The summed E-state index contributed by atoms with van der Waals surface area (Å²) in [5, 5.41) is 0. The fraction of sp³-hybridized carbons (Fsp3) is 0.714. The van der Waals surface area contributed by atoms with E-state index in [0.29, 0.717) is 19.3 Å². The van der Waals surface area contributed by atoms with Gasteiger partial charge in [-0.1, -0.05) is 19.4 Å². The van der Waals surface area contributed by atoms with Gasteiger partial charge in [0.25, 0.3) is 0 Å². The quantitative estimate of drug-likeness (QED) is 0.525. The third-order valence-electron chi connectivity index (χ3n) is 6.38. The van der Waals surface area contributed by atoms with Crippen molar-refractivity contribution in [3.8, 4) is 5.75 Å². The van der Waals surface area contributed by atoms with Crippen LogP contribution in [0, 0.1) is 23.5 Å². The number of hydrogen-bond acceptors (Lipinski definition) is 1.